The van der Waals surface area contributed by atoms with Crippen LogP contribution in [-0.4, -0.2) is 16.5 Å². The third-order valence-corrected chi connectivity index (χ3v) is 2.84. The van der Waals surface area contributed by atoms with Crippen molar-refractivity contribution in [1.82, 2.24) is 9.97 Å². The lowest BCUT2D eigenvalue weighted by molar-refractivity contribution is 0.616. The maximum atomic E-state index is 5.86. The van der Waals surface area contributed by atoms with Crippen LogP contribution in [0.15, 0.2) is 6.07 Å². The maximum absolute atomic E-state index is 5.86. The van der Waals surface area contributed by atoms with Gasteiger partial charge in [0.15, 0.2) is 0 Å². The van der Waals surface area contributed by atoms with Crippen molar-refractivity contribution >= 4 is 17.4 Å². The van der Waals surface area contributed by atoms with Gasteiger partial charge in [0.05, 0.1) is 0 Å². The van der Waals surface area contributed by atoms with E-state index in [9.17, 15) is 0 Å². The predicted octanol–water partition coefficient (Wildman–Crippen LogP) is 4.21. The quantitative estimate of drug-likeness (QED) is 0.559. The van der Waals surface area contributed by atoms with E-state index in [1.54, 1.807) is 6.07 Å². The van der Waals surface area contributed by atoms with Crippen LogP contribution >= 0.6 is 11.6 Å². The molecule has 0 unspecified atom stereocenters. The Morgan fingerprint density at radius 2 is 1.82 bits per heavy atom. The molecule has 1 heterocycles. The number of rotatable bonds is 8. The zero-order valence-corrected chi connectivity index (χ0v) is 11.6. The molecule has 0 bridgehead atoms. The van der Waals surface area contributed by atoms with Crippen molar-refractivity contribution in [2.75, 3.05) is 11.9 Å². The molecule has 0 spiro atoms. The molecule has 0 atom stereocenters. The van der Waals surface area contributed by atoms with Crippen molar-refractivity contribution in [3.05, 3.63) is 17.0 Å². The van der Waals surface area contributed by atoms with Crippen molar-refractivity contribution < 1.29 is 0 Å². The van der Waals surface area contributed by atoms with Gasteiger partial charge in [-0.1, -0.05) is 50.6 Å². The van der Waals surface area contributed by atoms with Gasteiger partial charge in [-0.25, -0.2) is 9.97 Å². The zero-order valence-electron chi connectivity index (χ0n) is 10.8. The molecule has 0 saturated heterocycles. The number of halogens is 1. The molecule has 1 N–H and O–H groups in total. The summed E-state index contributed by atoms with van der Waals surface area (Å²) in [6.07, 6.45) is 7.81. The van der Waals surface area contributed by atoms with E-state index < -0.39 is 0 Å². The first-order valence-electron chi connectivity index (χ1n) is 6.47. The number of anilines is 1. The summed E-state index contributed by atoms with van der Waals surface area (Å²) in [6.45, 7) is 5.05. The molecule has 0 fully saturated rings. The van der Waals surface area contributed by atoms with E-state index in [-0.39, 0.29) is 0 Å². The van der Waals surface area contributed by atoms with Gasteiger partial charge >= 0.3 is 0 Å². The number of aromatic nitrogens is 2. The maximum Gasteiger partial charge on any atom is 0.134 e. The molecular formula is C13H22ClN3. The normalized spacial score (nSPS) is 10.5. The Bertz CT molecular complexity index is 308. The second-order valence-electron chi connectivity index (χ2n) is 4.32. The SMILES string of the molecule is CCCCCCCCNc1cc(Cl)nc(C)n1. The molecule has 1 aromatic heterocycles. The molecule has 0 aliphatic carbocycles. The molecule has 0 aromatic carbocycles. The number of unbranched alkanes of at least 4 members (excludes halogenated alkanes) is 5. The number of aryl methyl sites for hydroxylation is 1. The largest absolute Gasteiger partial charge is 0.370 e. The van der Waals surface area contributed by atoms with Crippen molar-refractivity contribution in [3.8, 4) is 0 Å². The number of hydrogen-bond donors (Lipinski definition) is 1. The van der Waals surface area contributed by atoms with Gasteiger partial charge in [-0.3, -0.25) is 0 Å². The Labute approximate surface area is 109 Å². The van der Waals surface area contributed by atoms with Crippen LogP contribution in [0, 0.1) is 6.92 Å². The highest BCUT2D eigenvalue weighted by molar-refractivity contribution is 6.29. The Kier molecular flexibility index (Phi) is 6.94. The van der Waals surface area contributed by atoms with E-state index >= 15 is 0 Å². The molecular weight excluding hydrogens is 234 g/mol. The minimum Gasteiger partial charge on any atom is -0.370 e. The van der Waals surface area contributed by atoms with Gasteiger partial charge in [0, 0.05) is 12.6 Å². The fourth-order valence-corrected chi connectivity index (χ4v) is 1.97. The average Bonchev–Trinajstić information content (AvgIpc) is 2.26. The van der Waals surface area contributed by atoms with Crippen LogP contribution in [0.2, 0.25) is 5.15 Å². The summed E-state index contributed by atoms with van der Waals surface area (Å²) < 4.78 is 0. The first-order valence-corrected chi connectivity index (χ1v) is 6.85. The molecule has 0 aliphatic rings. The van der Waals surface area contributed by atoms with Crippen LogP contribution in [0.1, 0.15) is 51.3 Å². The minimum atomic E-state index is 0.503. The highest BCUT2D eigenvalue weighted by Crippen LogP contribution is 2.11. The molecule has 96 valence electrons. The van der Waals surface area contributed by atoms with E-state index in [1.165, 1.54) is 38.5 Å². The molecule has 0 amide bonds. The van der Waals surface area contributed by atoms with Crippen LogP contribution in [0.4, 0.5) is 5.82 Å². The highest BCUT2D eigenvalue weighted by Gasteiger charge is 1.98. The third kappa shape index (κ3) is 6.47. The van der Waals surface area contributed by atoms with Gasteiger partial charge in [-0.05, 0) is 13.3 Å². The number of nitrogens with zero attached hydrogens (tertiary/aromatic N) is 2. The first kappa shape index (κ1) is 14.2. The monoisotopic (exact) mass is 255 g/mol. The molecule has 1 aromatic rings. The molecule has 0 aliphatic heterocycles. The summed E-state index contributed by atoms with van der Waals surface area (Å²) in [6, 6.07) is 1.77. The molecule has 4 heteroatoms. The fourth-order valence-electron chi connectivity index (χ4n) is 1.74. The molecule has 17 heavy (non-hydrogen) atoms. The lowest BCUT2D eigenvalue weighted by Crippen LogP contribution is -2.04. The zero-order chi connectivity index (χ0) is 12.5. The molecule has 0 radical (unpaired) electrons. The van der Waals surface area contributed by atoms with Crippen LogP contribution < -0.4 is 5.32 Å². The highest BCUT2D eigenvalue weighted by atomic mass is 35.5. The third-order valence-electron chi connectivity index (χ3n) is 2.64. The second-order valence-corrected chi connectivity index (χ2v) is 4.70. The summed E-state index contributed by atoms with van der Waals surface area (Å²) in [4.78, 5) is 8.30. The topological polar surface area (TPSA) is 37.8 Å². The van der Waals surface area contributed by atoms with Crippen molar-refractivity contribution in [2.45, 2.75) is 52.4 Å². The van der Waals surface area contributed by atoms with Crippen LogP contribution in [-0.2, 0) is 0 Å². The van der Waals surface area contributed by atoms with Gasteiger partial charge in [-0.2, -0.15) is 0 Å². The minimum absolute atomic E-state index is 0.503. The van der Waals surface area contributed by atoms with E-state index in [0.717, 1.165) is 12.4 Å². The molecule has 1 rings (SSSR count). The van der Waals surface area contributed by atoms with Crippen LogP contribution in [0.3, 0.4) is 0 Å². The molecule has 0 saturated carbocycles. The Balaban J connectivity index is 2.13. The van der Waals surface area contributed by atoms with Crippen molar-refractivity contribution in [2.24, 2.45) is 0 Å². The van der Waals surface area contributed by atoms with Crippen molar-refractivity contribution in [1.29, 1.82) is 0 Å². The van der Waals surface area contributed by atoms with Gasteiger partial charge in [-0.15, -0.1) is 0 Å². The smallest absolute Gasteiger partial charge is 0.134 e. The van der Waals surface area contributed by atoms with E-state index in [4.69, 9.17) is 11.6 Å². The van der Waals surface area contributed by atoms with Crippen LogP contribution in [0.25, 0.3) is 0 Å². The Morgan fingerprint density at radius 1 is 1.12 bits per heavy atom. The first-order chi connectivity index (χ1) is 8.22. The summed E-state index contributed by atoms with van der Waals surface area (Å²) in [7, 11) is 0. The average molecular weight is 256 g/mol. The lowest BCUT2D eigenvalue weighted by atomic mass is 10.1. The fraction of sp³-hybridized carbons (Fsp3) is 0.692. The molecule has 3 nitrogen and oxygen atoms in total. The summed E-state index contributed by atoms with van der Waals surface area (Å²) in [5.41, 5.74) is 0. The lowest BCUT2D eigenvalue weighted by Gasteiger charge is -2.06. The number of hydrogen-bond acceptors (Lipinski definition) is 3. The predicted molar refractivity (Wildman–Crippen MR) is 73.6 cm³/mol. The summed E-state index contributed by atoms with van der Waals surface area (Å²) in [5.74, 6) is 1.54. The van der Waals surface area contributed by atoms with E-state index in [0.29, 0.717) is 11.0 Å². The van der Waals surface area contributed by atoms with Gasteiger partial charge < -0.3 is 5.32 Å². The standard InChI is InChI=1S/C13H22ClN3/c1-3-4-5-6-7-8-9-15-13-10-12(14)16-11(2)17-13/h10H,3-9H2,1-2H3,(H,15,16,17). The van der Waals surface area contributed by atoms with Gasteiger partial charge in [0.2, 0.25) is 0 Å². The van der Waals surface area contributed by atoms with E-state index in [1.807, 2.05) is 6.92 Å². The second kappa shape index (κ2) is 8.29. The van der Waals surface area contributed by atoms with E-state index in [2.05, 4.69) is 22.2 Å². The Hall–Kier alpha value is -0.830. The number of nitrogens with one attached hydrogen (secondary N) is 1. The van der Waals surface area contributed by atoms with Crippen molar-refractivity contribution in [3.63, 3.8) is 0 Å². The van der Waals surface area contributed by atoms with Gasteiger partial charge in [0.1, 0.15) is 16.8 Å². The Morgan fingerprint density at radius 3 is 2.53 bits per heavy atom. The summed E-state index contributed by atoms with van der Waals surface area (Å²) in [5, 5.41) is 3.78. The van der Waals surface area contributed by atoms with Gasteiger partial charge in [0.25, 0.3) is 0 Å². The van der Waals surface area contributed by atoms with Crippen LogP contribution in [0.5, 0.6) is 0 Å². The summed E-state index contributed by atoms with van der Waals surface area (Å²) >= 11 is 5.86.